The van der Waals surface area contributed by atoms with Crippen LogP contribution >= 0.6 is 35.3 Å². The zero-order chi connectivity index (χ0) is 17.8. The van der Waals surface area contributed by atoms with Gasteiger partial charge in [0.05, 0.1) is 11.4 Å². The van der Waals surface area contributed by atoms with E-state index in [2.05, 4.69) is 15.2 Å². The van der Waals surface area contributed by atoms with Crippen molar-refractivity contribution < 1.29 is 4.52 Å². The summed E-state index contributed by atoms with van der Waals surface area (Å²) in [6.45, 7) is 0. The number of thioether (sulfide) groups is 1. The van der Waals surface area contributed by atoms with Crippen LogP contribution in [0.5, 0.6) is 0 Å². The van der Waals surface area contributed by atoms with Crippen LogP contribution in [-0.2, 0) is 12.2 Å². The molecular formula is C18H14N4OS3. The lowest BCUT2D eigenvalue weighted by atomic mass is 10.1. The molecule has 0 N–H and O–H groups in total. The second-order valence-corrected chi connectivity index (χ2v) is 8.28. The topological polar surface area (TPSA) is 56.7 Å². The molecule has 26 heavy (non-hydrogen) atoms. The van der Waals surface area contributed by atoms with Crippen LogP contribution in [0.3, 0.4) is 0 Å². The quantitative estimate of drug-likeness (QED) is 0.339. The predicted molar refractivity (Wildman–Crippen MR) is 105 cm³/mol. The van der Waals surface area contributed by atoms with E-state index >= 15 is 0 Å². The molecule has 0 unspecified atom stereocenters. The summed E-state index contributed by atoms with van der Waals surface area (Å²) in [6.07, 6.45) is 0.663. The first-order valence-electron chi connectivity index (χ1n) is 7.92. The van der Waals surface area contributed by atoms with E-state index in [-0.39, 0.29) is 0 Å². The van der Waals surface area contributed by atoms with Gasteiger partial charge in [0.15, 0.2) is 14.1 Å². The van der Waals surface area contributed by atoms with Crippen molar-refractivity contribution in [3.63, 3.8) is 0 Å². The molecule has 5 nitrogen and oxygen atoms in total. The van der Waals surface area contributed by atoms with Gasteiger partial charge >= 0.3 is 0 Å². The summed E-state index contributed by atoms with van der Waals surface area (Å²) in [4.78, 5) is 4.45. The zero-order valence-electron chi connectivity index (χ0n) is 13.6. The molecule has 0 spiro atoms. The minimum absolute atomic E-state index is 0.568. The van der Waals surface area contributed by atoms with Crippen LogP contribution in [0.1, 0.15) is 17.3 Å². The van der Waals surface area contributed by atoms with Crippen LogP contribution in [0.2, 0.25) is 0 Å². The van der Waals surface area contributed by atoms with Gasteiger partial charge in [-0.15, -0.1) is 5.10 Å². The van der Waals surface area contributed by atoms with Gasteiger partial charge < -0.3 is 4.52 Å². The van der Waals surface area contributed by atoms with Crippen LogP contribution in [0.25, 0.3) is 5.69 Å². The highest BCUT2D eigenvalue weighted by Crippen LogP contribution is 2.26. The van der Waals surface area contributed by atoms with Crippen molar-refractivity contribution in [3.05, 3.63) is 81.9 Å². The standard InChI is InChI=1S/C18H14N4OS3/c24-18-22(14-9-5-2-6-10-14)20-17(26-18)25-12-16-19-15(21-23-16)11-13-7-3-1-4-8-13/h1-10H,11-12H2. The van der Waals surface area contributed by atoms with Crippen LogP contribution in [0, 0.1) is 3.95 Å². The molecule has 0 bridgehead atoms. The van der Waals surface area contributed by atoms with Crippen LogP contribution in [-0.4, -0.2) is 19.9 Å². The van der Waals surface area contributed by atoms with Gasteiger partial charge in [0.25, 0.3) is 0 Å². The summed E-state index contributed by atoms with van der Waals surface area (Å²) >= 11 is 8.44. The van der Waals surface area contributed by atoms with Crippen molar-refractivity contribution in [2.24, 2.45) is 0 Å². The van der Waals surface area contributed by atoms with Crippen molar-refractivity contribution in [3.8, 4) is 5.69 Å². The van der Waals surface area contributed by atoms with E-state index in [1.165, 1.54) is 11.3 Å². The molecule has 8 heteroatoms. The maximum absolute atomic E-state index is 5.42. The normalized spacial score (nSPS) is 10.9. The van der Waals surface area contributed by atoms with Gasteiger partial charge in [-0.2, -0.15) is 4.98 Å². The molecule has 0 amide bonds. The summed E-state index contributed by atoms with van der Waals surface area (Å²) in [7, 11) is 0. The van der Waals surface area contributed by atoms with Crippen molar-refractivity contribution >= 4 is 35.3 Å². The molecule has 4 aromatic rings. The van der Waals surface area contributed by atoms with Gasteiger partial charge in [-0.25, -0.2) is 4.68 Å². The molecule has 130 valence electrons. The minimum Gasteiger partial charge on any atom is -0.338 e. The Labute approximate surface area is 163 Å². The summed E-state index contributed by atoms with van der Waals surface area (Å²) in [5.41, 5.74) is 2.12. The Morgan fingerprint density at radius 2 is 1.77 bits per heavy atom. The first-order chi connectivity index (χ1) is 12.8. The zero-order valence-corrected chi connectivity index (χ0v) is 16.1. The van der Waals surface area contributed by atoms with Crippen molar-refractivity contribution in [1.82, 2.24) is 19.9 Å². The van der Waals surface area contributed by atoms with Crippen molar-refractivity contribution in [2.45, 2.75) is 16.5 Å². The predicted octanol–water partition coefficient (Wildman–Crippen LogP) is 4.93. The molecule has 0 aliphatic carbocycles. The Morgan fingerprint density at radius 3 is 2.54 bits per heavy atom. The summed E-state index contributed by atoms with van der Waals surface area (Å²) in [5, 5.41) is 8.63. The summed E-state index contributed by atoms with van der Waals surface area (Å²) < 4.78 is 8.71. The van der Waals surface area contributed by atoms with Crippen LogP contribution in [0.15, 0.2) is 69.5 Å². The average Bonchev–Trinajstić information content (AvgIpc) is 3.28. The Kier molecular flexibility index (Phi) is 5.24. The number of hydrogen-bond acceptors (Lipinski definition) is 7. The first kappa shape index (κ1) is 17.1. The monoisotopic (exact) mass is 398 g/mol. The van der Waals surface area contributed by atoms with Gasteiger partial charge in [-0.05, 0) is 29.9 Å². The molecular weight excluding hydrogens is 384 g/mol. The fourth-order valence-corrected chi connectivity index (χ4v) is 4.57. The van der Waals surface area contributed by atoms with E-state index in [9.17, 15) is 0 Å². The molecule has 0 aliphatic rings. The molecule has 0 saturated heterocycles. The molecule has 0 radical (unpaired) electrons. The van der Waals surface area contributed by atoms with E-state index in [0.29, 0.717) is 27.8 Å². The van der Waals surface area contributed by atoms with Crippen LogP contribution < -0.4 is 0 Å². The van der Waals surface area contributed by atoms with Crippen molar-refractivity contribution in [1.29, 1.82) is 0 Å². The van der Waals surface area contributed by atoms with E-state index in [1.807, 2.05) is 60.7 Å². The summed E-state index contributed by atoms with van der Waals surface area (Å²) in [6, 6.07) is 20.0. The fraction of sp³-hybridized carbons (Fsp3) is 0.111. The number of rotatable bonds is 6. The van der Waals surface area contributed by atoms with E-state index in [0.717, 1.165) is 15.6 Å². The van der Waals surface area contributed by atoms with Gasteiger partial charge in [0.2, 0.25) is 5.89 Å². The third-order valence-electron chi connectivity index (χ3n) is 3.56. The Morgan fingerprint density at radius 1 is 1.04 bits per heavy atom. The molecule has 0 atom stereocenters. The van der Waals surface area contributed by atoms with Gasteiger partial charge in [0, 0.05) is 6.42 Å². The van der Waals surface area contributed by atoms with E-state index < -0.39 is 0 Å². The number of nitrogens with zero attached hydrogens (tertiary/aromatic N) is 4. The lowest BCUT2D eigenvalue weighted by Gasteiger charge is -1.98. The number of para-hydroxylation sites is 1. The highest BCUT2D eigenvalue weighted by Gasteiger charge is 2.11. The number of aromatic nitrogens is 4. The lowest BCUT2D eigenvalue weighted by molar-refractivity contribution is 0.386. The van der Waals surface area contributed by atoms with E-state index in [4.69, 9.17) is 16.7 Å². The van der Waals surface area contributed by atoms with Gasteiger partial charge in [0.1, 0.15) is 0 Å². The third-order valence-corrected chi connectivity index (χ3v) is 5.91. The molecule has 0 saturated carbocycles. The van der Waals surface area contributed by atoms with Gasteiger partial charge in [-0.3, -0.25) is 0 Å². The second-order valence-electron chi connectivity index (χ2n) is 5.44. The molecule has 0 aliphatic heterocycles. The molecule has 2 aromatic heterocycles. The average molecular weight is 399 g/mol. The maximum Gasteiger partial charge on any atom is 0.237 e. The Bertz CT molecular complexity index is 1040. The third kappa shape index (κ3) is 4.09. The summed E-state index contributed by atoms with van der Waals surface area (Å²) in [5.74, 6) is 1.85. The molecule has 4 rings (SSSR count). The lowest BCUT2D eigenvalue weighted by Crippen LogP contribution is -1.95. The highest BCUT2D eigenvalue weighted by atomic mass is 32.2. The Balaban J connectivity index is 1.41. The number of hydrogen-bond donors (Lipinski definition) is 0. The minimum atomic E-state index is 0.568. The van der Waals surface area contributed by atoms with Crippen molar-refractivity contribution in [2.75, 3.05) is 0 Å². The fourth-order valence-electron chi connectivity index (χ4n) is 2.37. The van der Waals surface area contributed by atoms with E-state index in [1.54, 1.807) is 16.4 Å². The maximum atomic E-state index is 5.42. The smallest absolute Gasteiger partial charge is 0.237 e. The molecule has 2 heterocycles. The molecule has 0 fully saturated rings. The molecule has 2 aromatic carbocycles. The number of benzene rings is 2. The Hall–Kier alpha value is -2.29. The highest BCUT2D eigenvalue weighted by molar-refractivity contribution is 8.00. The second kappa shape index (κ2) is 7.94. The van der Waals surface area contributed by atoms with Gasteiger partial charge in [-0.1, -0.05) is 76.8 Å². The largest absolute Gasteiger partial charge is 0.338 e. The van der Waals surface area contributed by atoms with Crippen LogP contribution in [0.4, 0.5) is 0 Å². The first-order valence-corrected chi connectivity index (χ1v) is 10.1. The SMILES string of the molecule is S=c1sc(SCc2nc(Cc3ccccc3)no2)nn1-c1ccccc1.